The molecule has 0 aliphatic carbocycles. The molecule has 1 atom stereocenters. The molecule has 0 spiro atoms. The van der Waals surface area contributed by atoms with Crippen LogP contribution in [0, 0.1) is 0 Å². The summed E-state index contributed by atoms with van der Waals surface area (Å²) in [5.74, 6) is 0.221. The molecule has 96 valence electrons. The maximum atomic E-state index is 11.9. The molecule has 1 aliphatic rings. The number of amides is 2. The molecular formula is C13H16N2O3. The summed E-state index contributed by atoms with van der Waals surface area (Å²) in [6, 6.07) is 5.13. The van der Waals surface area contributed by atoms with Gasteiger partial charge in [-0.2, -0.15) is 0 Å². The first-order valence-electron chi connectivity index (χ1n) is 5.97. The Balaban J connectivity index is 2.16. The van der Waals surface area contributed by atoms with Crippen LogP contribution in [-0.2, 0) is 4.79 Å². The highest BCUT2D eigenvalue weighted by Crippen LogP contribution is 2.28. The van der Waals surface area contributed by atoms with Gasteiger partial charge in [0.15, 0.2) is 6.61 Å². The summed E-state index contributed by atoms with van der Waals surface area (Å²) >= 11 is 0. The Kier molecular flexibility index (Phi) is 3.50. The van der Waals surface area contributed by atoms with Crippen molar-refractivity contribution in [2.45, 2.75) is 26.3 Å². The van der Waals surface area contributed by atoms with Crippen LogP contribution in [0.25, 0.3) is 0 Å². The second-order valence-electron chi connectivity index (χ2n) is 4.33. The predicted octanol–water partition coefficient (Wildman–Crippen LogP) is 1.55. The largest absolute Gasteiger partial charge is 0.482 e. The van der Waals surface area contributed by atoms with Crippen LogP contribution in [0.4, 0.5) is 5.69 Å². The van der Waals surface area contributed by atoms with Crippen molar-refractivity contribution in [3.8, 4) is 5.75 Å². The molecule has 5 nitrogen and oxygen atoms in total. The minimum absolute atomic E-state index is 0.0105. The topological polar surface area (TPSA) is 67.4 Å². The molecule has 0 radical (unpaired) electrons. The molecule has 2 rings (SSSR count). The highest BCUT2D eigenvalue weighted by molar-refractivity contribution is 5.99. The van der Waals surface area contributed by atoms with Crippen LogP contribution in [0.3, 0.4) is 0 Å². The predicted molar refractivity (Wildman–Crippen MR) is 67.8 cm³/mol. The second kappa shape index (κ2) is 5.08. The zero-order valence-electron chi connectivity index (χ0n) is 10.4. The maximum absolute atomic E-state index is 11.9. The van der Waals surface area contributed by atoms with Crippen LogP contribution in [0.5, 0.6) is 5.75 Å². The lowest BCUT2D eigenvalue weighted by Gasteiger charge is -2.19. The van der Waals surface area contributed by atoms with Gasteiger partial charge in [0.05, 0.1) is 5.69 Å². The molecule has 0 unspecified atom stereocenters. The van der Waals surface area contributed by atoms with Crippen molar-refractivity contribution in [1.82, 2.24) is 5.32 Å². The molecule has 1 aromatic carbocycles. The van der Waals surface area contributed by atoms with E-state index in [9.17, 15) is 9.59 Å². The van der Waals surface area contributed by atoms with Crippen LogP contribution < -0.4 is 15.4 Å². The molecule has 0 fully saturated rings. The van der Waals surface area contributed by atoms with E-state index in [1.54, 1.807) is 18.2 Å². The quantitative estimate of drug-likeness (QED) is 0.852. The third kappa shape index (κ3) is 2.61. The van der Waals surface area contributed by atoms with E-state index in [4.69, 9.17) is 4.74 Å². The Hall–Kier alpha value is -2.04. The van der Waals surface area contributed by atoms with Crippen LogP contribution in [0.15, 0.2) is 18.2 Å². The van der Waals surface area contributed by atoms with E-state index in [0.717, 1.165) is 6.42 Å². The van der Waals surface area contributed by atoms with E-state index in [-0.39, 0.29) is 24.5 Å². The molecule has 0 saturated carbocycles. The summed E-state index contributed by atoms with van der Waals surface area (Å²) < 4.78 is 5.27. The average Bonchev–Trinajstić information content (AvgIpc) is 2.37. The number of ether oxygens (including phenoxy) is 1. The van der Waals surface area contributed by atoms with E-state index < -0.39 is 0 Å². The molecule has 1 aliphatic heterocycles. The van der Waals surface area contributed by atoms with Crippen molar-refractivity contribution in [1.29, 1.82) is 0 Å². The molecule has 1 heterocycles. The van der Waals surface area contributed by atoms with Crippen LogP contribution in [0.1, 0.15) is 30.6 Å². The summed E-state index contributed by atoms with van der Waals surface area (Å²) in [4.78, 5) is 23.0. The standard InChI is InChI=1S/C13H16N2O3/c1-3-8(2)14-13(17)9-4-5-10-11(6-9)18-7-12(16)15-10/h4-6,8H,3,7H2,1-2H3,(H,14,17)(H,15,16)/t8-/m0/s1. The highest BCUT2D eigenvalue weighted by atomic mass is 16.5. The fourth-order valence-electron chi connectivity index (χ4n) is 1.63. The zero-order chi connectivity index (χ0) is 13.1. The van der Waals surface area contributed by atoms with E-state index in [0.29, 0.717) is 17.0 Å². The fourth-order valence-corrected chi connectivity index (χ4v) is 1.63. The maximum Gasteiger partial charge on any atom is 0.262 e. The monoisotopic (exact) mass is 248 g/mol. The van der Waals surface area contributed by atoms with Crippen molar-refractivity contribution < 1.29 is 14.3 Å². The van der Waals surface area contributed by atoms with Gasteiger partial charge in [0, 0.05) is 11.6 Å². The third-order valence-electron chi connectivity index (χ3n) is 2.87. The van der Waals surface area contributed by atoms with Crippen LogP contribution in [0.2, 0.25) is 0 Å². The molecule has 18 heavy (non-hydrogen) atoms. The van der Waals surface area contributed by atoms with Crippen LogP contribution in [-0.4, -0.2) is 24.5 Å². The van der Waals surface area contributed by atoms with Crippen molar-refractivity contribution in [3.63, 3.8) is 0 Å². The average molecular weight is 248 g/mol. The van der Waals surface area contributed by atoms with E-state index in [1.165, 1.54) is 0 Å². The van der Waals surface area contributed by atoms with Gasteiger partial charge in [0.25, 0.3) is 11.8 Å². The Labute approximate surface area is 106 Å². The lowest BCUT2D eigenvalue weighted by Crippen LogP contribution is -2.32. The molecule has 0 saturated heterocycles. The number of benzene rings is 1. The second-order valence-corrected chi connectivity index (χ2v) is 4.33. The molecular weight excluding hydrogens is 232 g/mol. The minimum atomic E-state index is -0.181. The van der Waals surface area contributed by atoms with Crippen molar-refractivity contribution in [2.24, 2.45) is 0 Å². The molecule has 0 bridgehead atoms. The summed E-state index contributed by atoms with van der Waals surface area (Å²) in [5.41, 5.74) is 1.14. The zero-order valence-corrected chi connectivity index (χ0v) is 10.4. The van der Waals surface area contributed by atoms with Crippen LogP contribution >= 0.6 is 0 Å². The van der Waals surface area contributed by atoms with Crippen molar-refractivity contribution in [2.75, 3.05) is 11.9 Å². The number of nitrogens with one attached hydrogen (secondary N) is 2. The van der Waals surface area contributed by atoms with Gasteiger partial charge in [-0.15, -0.1) is 0 Å². The summed E-state index contributed by atoms with van der Waals surface area (Å²) in [5, 5.41) is 5.56. The van der Waals surface area contributed by atoms with Gasteiger partial charge in [0.1, 0.15) is 5.75 Å². The normalized spacial score (nSPS) is 15.1. The van der Waals surface area contributed by atoms with Gasteiger partial charge in [-0.1, -0.05) is 6.92 Å². The Bertz CT molecular complexity index is 485. The van der Waals surface area contributed by atoms with E-state index in [2.05, 4.69) is 10.6 Å². The Morgan fingerprint density at radius 2 is 2.33 bits per heavy atom. The molecule has 5 heteroatoms. The van der Waals surface area contributed by atoms with Gasteiger partial charge in [-0.05, 0) is 31.5 Å². The van der Waals surface area contributed by atoms with E-state index >= 15 is 0 Å². The number of rotatable bonds is 3. The van der Waals surface area contributed by atoms with Crippen molar-refractivity contribution >= 4 is 17.5 Å². The molecule has 0 aromatic heterocycles. The number of carbonyl (C=O) groups excluding carboxylic acids is 2. The van der Waals surface area contributed by atoms with Crippen molar-refractivity contribution in [3.05, 3.63) is 23.8 Å². The highest BCUT2D eigenvalue weighted by Gasteiger charge is 2.18. The van der Waals surface area contributed by atoms with Gasteiger partial charge in [-0.3, -0.25) is 9.59 Å². The lowest BCUT2D eigenvalue weighted by molar-refractivity contribution is -0.118. The number of hydrogen-bond acceptors (Lipinski definition) is 3. The number of hydrogen-bond donors (Lipinski definition) is 2. The lowest BCUT2D eigenvalue weighted by atomic mass is 10.1. The summed E-state index contributed by atoms with van der Waals surface area (Å²) in [6.07, 6.45) is 0.878. The number of carbonyl (C=O) groups is 2. The van der Waals surface area contributed by atoms with Gasteiger partial charge < -0.3 is 15.4 Å². The first-order chi connectivity index (χ1) is 8.60. The molecule has 2 amide bonds. The van der Waals surface area contributed by atoms with Gasteiger partial charge in [0.2, 0.25) is 0 Å². The number of anilines is 1. The summed E-state index contributed by atoms with van der Waals surface area (Å²) in [6.45, 7) is 3.95. The number of fused-ring (bicyclic) bond motifs is 1. The smallest absolute Gasteiger partial charge is 0.262 e. The summed E-state index contributed by atoms with van der Waals surface area (Å²) in [7, 11) is 0. The minimum Gasteiger partial charge on any atom is -0.482 e. The van der Waals surface area contributed by atoms with Gasteiger partial charge in [-0.25, -0.2) is 0 Å². The third-order valence-corrected chi connectivity index (χ3v) is 2.87. The first kappa shape index (κ1) is 12.4. The fraction of sp³-hybridized carbons (Fsp3) is 0.385. The molecule has 1 aromatic rings. The van der Waals surface area contributed by atoms with E-state index in [1.807, 2.05) is 13.8 Å². The Morgan fingerprint density at radius 1 is 1.56 bits per heavy atom. The first-order valence-corrected chi connectivity index (χ1v) is 5.97. The van der Waals surface area contributed by atoms with Gasteiger partial charge >= 0.3 is 0 Å². The SMILES string of the molecule is CC[C@H](C)NC(=O)c1ccc2c(c1)OCC(=O)N2. The molecule has 2 N–H and O–H groups in total. The Morgan fingerprint density at radius 3 is 3.06 bits per heavy atom.